The molecule has 0 aliphatic heterocycles. The molecule has 4 aromatic rings. The van der Waals surface area contributed by atoms with Crippen LogP contribution in [0.4, 0.5) is 11.6 Å². The van der Waals surface area contributed by atoms with Gasteiger partial charge in [0.1, 0.15) is 10.6 Å². The summed E-state index contributed by atoms with van der Waals surface area (Å²) in [5.41, 5.74) is 1.41. The van der Waals surface area contributed by atoms with Gasteiger partial charge in [-0.25, -0.2) is 18.5 Å². The maximum atomic E-state index is 13.5. The molecule has 0 bridgehead atoms. The zero-order valence-electron chi connectivity index (χ0n) is 22.0. The van der Waals surface area contributed by atoms with E-state index in [9.17, 15) is 13.2 Å². The number of amides is 1. The summed E-state index contributed by atoms with van der Waals surface area (Å²) >= 11 is 0. The van der Waals surface area contributed by atoms with Crippen molar-refractivity contribution in [2.24, 2.45) is 12.2 Å². The lowest BCUT2D eigenvalue weighted by molar-refractivity contribution is 0.101. The molecule has 11 nitrogen and oxygen atoms in total. The molecule has 1 amide bonds. The quantitative estimate of drug-likeness (QED) is 0.319. The molecule has 0 radical (unpaired) electrons. The molecule has 200 valence electrons. The predicted molar refractivity (Wildman–Crippen MR) is 146 cm³/mol. The van der Waals surface area contributed by atoms with Gasteiger partial charge in [0.2, 0.25) is 21.9 Å². The standard InChI is InChI=1S/C26H30N6O5S/c1-26(2,3)16-13-17(23(36-6)20(14-16)38(27,34)35)30-24(33)18-12-15-8-7-9-19(22(15)32(18)5)37-21-10-11-29-25(28-4)31-21/h7-14H,1-6H3,(H,30,33)(H2,27,34,35)(H,28,29,31). The third kappa shape index (κ3) is 5.27. The number of anilines is 2. The number of nitrogens with one attached hydrogen (secondary N) is 2. The monoisotopic (exact) mass is 538 g/mol. The summed E-state index contributed by atoms with van der Waals surface area (Å²) in [6, 6.07) is 12.0. The van der Waals surface area contributed by atoms with E-state index in [4.69, 9.17) is 14.6 Å². The Morgan fingerprint density at radius 2 is 1.87 bits per heavy atom. The molecule has 0 spiro atoms. The second-order valence-corrected chi connectivity index (χ2v) is 11.2. The van der Waals surface area contributed by atoms with Crippen LogP contribution >= 0.6 is 0 Å². The molecular formula is C26H30N6O5S. The molecule has 0 unspecified atom stereocenters. The molecule has 0 aliphatic carbocycles. The first kappa shape index (κ1) is 26.9. The second-order valence-electron chi connectivity index (χ2n) is 9.66. The maximum absolute atomic E-state index is 13.5. The number of para-hydroxylation sites is 1. The molecule has 38 heavy (non-hydrogen) atoms. The average Bonchev–Trinajstić information content (AvgIpc) is 3.20. The van der Waals surface area contributed by atoms with Crippen molar-refractivity contribution < 1.29 is 22.7 Å². The lowest BCUT2D eigenvalue weighted by atomic mass is 9.86. The summed E-state index contributed by atoms with van der Waals surface area (Å²) in [5, 5.41) is 11.9. The molecule has 0 saturated carbocycles. The first-order valence-corrected chi connectivity index (χ1v) is 13.2. The van der Waals surface area contributed by atoms with E-state index in [2.05, 4.69) is 20.6 Å². The molecule has 2 aromatic carbocycles. The minimum atomic E-state index is -4.13. The summed E-state index contributed by atoms with van der Waals surface area (Å²) < 4.78 is 37.8. The van der Waals surface area contributed by atoms with Crippen molar-refractivity contribution in [2.75, 3.05) is 24.8 Å². The number of aryl methyl sites for hydroxylation is 1. The fourth-order valence-corrected chi connectivity index (χ4v) is 4.79. The number of carbonyl (C=O) groups excluding carboxylic acids is 1. The first-order valence-electron chi connectivity index (χ1n) is 11.7. The molecule has 0 atom stereocenters. The number of ether oxygens (including phenoxy) is 2. The number of hydrogen-bond acceptors (Lipinski definition) is 8. The number of carbonyl (C=O) groups is 1. The Kier molecular flexibility index (Phi) is 7.04. The van der Waals surface area contributed by atoms with Crippen LogP contribution in [0.5, 0.6) is 17.4 Å². The van der Waals surface area contributed by atoms with Gasteiger partial charge in [-0.3, -0.25) is 4.79 Å². The van der Waals surface area contributed by atoms with E-state index < -0.39 is 21.3 Å². The number of sulfonamides is 1. The van der Waals surface area contributed by atoms with Crippen molar-refractivity contribution in [3.8, 4) is 17.4 Å². The van der Waals surface area contributed by atoms with Crippen molar-refractivity contribution >= 4 is 38.5 Å². The largest absolute Gasteiger partial charge is 0.493 e. The van der Waals surface area contributed by atoms with Crippen molar-refractivity contribution in [2.45, 2.75) is 31.1 Å². The highest BCUT2D eigenvalue weighted by molar-refractivity contribution is 7.89. The highest BCUT2D eigenvalue weighted by Gasteiger charge is 2.26. The smallest absolute Gasteiger partial charge is 0.272 e. The summed E-state index contributed by atoms with van der Waals surface area (Å²) in [4.78, 5) is 21.7. The number of methoxy groups -OCH3 is 1. The minimum Gasteiger partial charge on any atom is -0.493 e. The van der Waals surface area contributed by atoms with Gasteiger partial charge in [0.25, 0.3) is 5.91 Å². The van der Waals surface area contributed by atoms with Gasteiger partial charge in [0, 0.05) is 31.7 Å². The van der Waals surface area contributed by atoms with E-state index in [0.717, 1.165) is 5.39 Å². The number of fused-ring (bicyclic) bond motifs is 1. The van der Waals surface area contributed by atoms with Crippen molar-refractivity contribution in [1.82, 2.24) is 14.5 Å². The molecule has 0 saturated heterocycles. The zero-order valence-corrected chi connectivity index (χ0v) is 22.8. The van der Waals surface area contributed by atoms with Gasteiger partial charge in [-0.05, 0) is 35.2 Å². The summed E-state index contributed by atoms with van der Waals surface area (Å²) in [5.74, 6) is 0.725. The van der Waals surface area contributed by atoms with E-state index >= 15 is 0 Å². The number of rotatable bonds is 7. The van der Waals surface area contributed by atoms with Gasteiger partial charge in [-0.15, -0.1) is 0 Å². The average molecular weight is 539 g/mol. The first-order chi connectivity index (χ1) is 17.8. The molecule has 0 aliphatic rings. The third-order valence-corrected chi connectivity index (χ3v) is 6.92. The predicted octanol–water partition coefficient (Wildman–Crippen LogP) is 4.01. The molecule has 12 heteroatoms. The van der Waals surface area contributed by atoms with Crippen LogP contribution in [0.1, 0.15) is 36.8 Å². The molecule has 2 heterocycles. The Balaban J connectivity index is 1.77. The van der Waals surface area contributed by atoms with Crippen molar-refractivity contribution in [3.63, 3.8) is 0 Å². The Bertz CT molecular complexity index is 1640. The maximum Gasteiger partial charge on any atom is 0.272 e. The number of benzene rings is 2. The van der Waals surface area contributed by atoms with Crippen LogP contribution < -0.4 is 25.2 Å². The van der Waals surface area contributed by atoms with E-state index in [1.807, 2.05) is 32.9 Å². The van der Waals surface area contributed by atoms with E-state index in [0.29, 0.717) is 34.4 Å². The molecule has 2 aromatic heterocycles. The zero-order chi connectivity index (χ0) is 27.8. The Hall–Kier alpha value is -4.16. The van der Waals surface area contributed by atoms with Gasteiger partial charge in [0.05, 0.1) is 18.3 Å². The van der Waals surface area contributed by atoms with Gasteiger partial charge < -0.3 is 24.7 Å². The number of nitrogens with zero attached hydrogens (tertiary/aromatic N) is 3. The normalized spacial score (nSPS) is 11.9. The highest BCUT2D eigenvalue weighted by Crippen LogP contribution is 2.38. The fraction of sp³-hybridized carbons (Fsp3) is 0.269. The van der Waals surface area contributed by atoms with Crippen molar-refractivity contribution in [3.05, 3.63) is 59.9 Å². The highest BCUT2D eigenvalue weighted by atomic mass is 32.2. The lowest BCUT2D eigenvalue weighted by Gasteiger charge is -2.23. The van der Waals surface area contributed by atoms with Gasteiger partial charge >= 0.3 is 0 Å². The van der Waals surface area contributed by atoms with Crippen LogP contribution in [0.15, 0.2) is 53.6 Å². The number of hydrogen-bond donors (Lipinski definition) is 3. The van der Waals surface area contributed by atoms with Gasteiger partial charge in [-0.1, -0.05) is 32.9 Å². The van der Waals surface area contributed by atoms with Crippen LogP contribution in [-0.4, -0.2) is 43.0 Å². The molecular weight excluding hydrogens is 508 g/mol. The van der Waals surface area contributed by atoms with Crippen LogP contribution in [0.25, 0.3) is 10.9 Å². The van der Waals surface area contributed by atoms with E-state index in [1.54, 1.807) is 49.1 Å². The third-order valence-electron chi connectivity index (χ3n) is 6.00. The fourth-order valence-electron chi connectivity index (χ4n) is 4.05. The van der Waals surface area contributed by atoms with Crippen molar-refractivity contribution in [1.29, 1.82) is 0 Å². The molecule has 0 fully saturated rings. The number of primary sulfonamides is 1. The van der Waals surface area contributed by atoms with Gasteiger partial charge in [0.15, 0.2) is 11.5 Å². The number of nitrogens with two attached hydrogens (primary N) is 1. The second kappa shape index (κ2) is 9.95. The summed E-state index contributed by atoms with van der Waals surface area (Å²) in [6.07, 6.45) is 1.58. The summed E-state index contributed by atoms with van der Waals surface area (Å²) in [6.45, 7) is 5.78. The Morgan fingerprint density at radius 3 is 2.50 bits per heavy atom. The Morgan fingerprint density at radius 1 is 1.13 bits per heavy atom. The minimum absolute atomic E-state index is 0.0410. The van der Waals surface area contributed by atoms with Crippen LogP contribution in [-0.2, 0) is 22.5 Å². The summed E-state index contributed by atoms with van der Waals surface area (Å²) in [7, 11) is 0.636. The van der Waals surface area contributed by atoms with E-state index in [1.165, 1.54) is 13.2 Å². The molecule has 4 rings (SSSR count). The van der Waals surface area contributed by atoms with Crippen LogP contribution in [0.2, 0.25) is 0 Å². The Labute approximate surface area is 221 Å². The van der Waals surface area contributed by atoms with E-state index in [-0.39, 0.29) is 16.3 Å². The number of aromatic nitrogens is 3. The topological polar surface area (TPSA) is 150 Å². The SMILES string of the molecule is CNc1nccc(Oc2cccc3cc(C(=O)Nc4cc(C(C)(C)C)cc(S(N)(=O)=O)c4OC)n(C)c23)n1. The molecule has 4 N–H and O–H groups in total. The van der Waals surface area contributed by atoms with Crippen LogP contribution in [0.3, 0.4) is 0 Å². The van der Waals surface area contributed by atoms with Gasteiger partial charge in [-0.2, -0.15) is 4.98 Å². The van der Waals surface area contributed by atoms with Crippen LogP contribution in [0, 0.1) is 0 Å². The lowest BCUT2D eigenvalue weighted by Crippen LogP contribution is -2.21.